The van der Waals surface area contributed by atoms with Crippen LogP contribution < -0.4 is 0 Å². The molecule has 1 fully saturated rings. The van der Waals surface area contributed by atoms with Gasteiger partial charge >= 0.3 is 0 Å². The summed E-state index contributed by atoms with van der Waals surface area (Å²) in [6.45, 7) is 2.12. The Hall–Kier alpha value is -1.31. The summed E-state index contributed by atoms with van der Waals surface area (Å²) in [4.78, 5) is 4.70. The summed E-state index contributed by atoms with van der Waals surface area (Å²) in [5.74, 6) is 2.00. The minimum absolute atomic E-state index is 0.729. The maximum Gasteiger partial charge on any atom is 0.112 e. The zero-order chi connectivity index (χ0) is 9.71. The number of benzene rings is 1. The van der Waals surface area contributed by atoms with E-state index in [2.05, 4.69) is 36.7 Å². The molecule has 0 bridgehead atoms. The fourth-order valence-corrected chi connectivity index (χ4v) is 2.04. The second kappa shape index (κ2) is 2.59. The number of fused-ring (bicyclic) bond motifs is 1. The van der Waals surface area contributed by atoms with Crippen molar-refractivity contribution >= 4 is 11.0 Å². The topological polar surface area (TPSA) is 17.8 Å². The van der Waals surface area contributed by atoms with Crippen LogP contribution in [-0.2, 0) is 7.05 Å². The Morgan fingerprint density at radius 1 is 1.36 bits per heavy atom. The van der Waals surface area contributed by atoms with Gasteiger partial charge in [-0.3, -0.25) is 0 Å². The quantitative estimate of drug-likeness (QED) is 0.669. The Labute approximate surface area is 83.6 Å². The van der Waals surface area contributed by atoms with Gasteiger partial charge in [0, 0.05) is 13.0 Å². The molecule has 72 valence electrons. The molecule has 3 rings (SSSR count). The first-order valence-electron chi connectivity index (χ1n) is 5.18. The predicted octanol–water partition coefficient (Wildman–Crippen LogP) is 2.76. The fourth-order valence-electron chi connectivity index (χ4n) is 2.04. The zero-order valence-electron chi connectivity index (χ0n) is 8.62. The molecule has 2 nitrogen and oxygen atoms in total. The molecule has 0 radical (unpaired) electrons. The summed E-state index contributed by atoms with van der Waals surface area (Å²) in [6.07, 6.45) is 2.63. The maximum absolute atomic E-state index is 4.70. The Kier molecular flexibility index (Phi) is 1.49. The molecule has 1 aromatic heterocycles. The van der Waals surface area contributed by atoms with Crippen molar-refractivity contribution in [3.8, 4) is 0 Å². The highest BCUT2D eigenvalue weighted by molar-refractivity contribution is 5.77. The first-order valence-corrected chi connectivity index (χ1v) is 5.18. The predicted molar refractivity (Wildman–Crippen MR) is 57.4 cm³/mol. The molecular weight excluding hydrogens is 172 g/mol. The van der Waals surface area contributed by atoms with Crippen molar-refractivity contribution in [2.45, 2.75) is 25.7 Å². The van der Waals surface area contributed by atoms with Crippen LogP contribution in [0.4, 0.5) is 0 Å². The Balaban J connectivity index is 2.28. The summed E-state index contributed by atoms with van der Waals surface area (Å²) in [6, 6.07) is 6.49. The van der Waals surface area contributed by atoms with Gasteiger partial charge in [-0.15, -0.1) is 0 Å². The summed E-state index contributed by atoms with van der Waals surface area (Å²) in [7, 11) is 2.12. The standard InChI is InChI=1S/C12H14N2/c1-8-3-6-11-10(7-8)13-12(14(11)2)9-4-5-9/h3,6-7,9H,4-5H2,1-2H3. The fraction of sp³-hybridized carbons (Fsp3) is 0.417. The van der Waals surface area contributed by atoms with E-state index >= 15 is 0 Å². The van der Waals surface area contributed by atoms with E-state index < -0.39 is 0 Å². The summed E-state index contributed by atoms with van der Waals surface area (Å²) in [5.41, 5.74) is 3.70. The minimum atomic E-state index is 0.729. The van der Waals surface area contributed by atoms with Crippen LogP contribution in [0.15, 0.2) is 18.2 Å². The maximum atomic E-state index is 4.70. The highest BCUT2D eigenvalue weighted by Gasteiger charge is 2.28. The average molecular weight is 186 g/mol. The minimum Gasteiger partial charge on any atom is -0.331 e. The van der Waals surface area contributed by atoms with Crippen molar-refractivity contribution < 1.29 is 0 Å². The SMILES string of the molecule is Cc1ccc2c(c1)nc(C1CC1)n2C. The van der Waals surface area contributed by atoms with E-state index in [9.17, 15) is 0 Å². The lowest BCUT2D eigenvalue weighted by atomic mass is 10.2. The third kappa shape index (κ3) is 1.07. The van der Waals surface area contributed by atoms with Crippen LogP contribution in [0.5, 0.6) is 0 Å². The van der Waals surface area contributed by atoms with Crippen LogP contribution in [-0.4, -0.2) is 9.55 Å². The molecular formula is C12H14N2. The van der Waals surface area contributed by atoms with E-state index in [-0.39, 0.29) is 0 Å². The van der Waals surface area contributed by atoms with Crippen molar-refractivity contribution in [2.24, 2.45) is 7.05 Å². The van der Waals surface area contributed by atoms with Crippen molar-refractivity contribution in [1.82, 2.24) is 9.55 Å². The lowest BCUT2D eigenvalue weighted by Gasteiger charge is -1.98. The van der Waals surface area contributed by atoms with Crippen LogP contribution in [0.2, 0.25) is 0 Å². The average Bonchev–Trinajstić information content (AvgIpc) is 2.93. The second-order valence-corrected chi connectivity index (χ2v) is 4.30. The van der Waals surface area contributed by atoms with Crippen molar-refractivity contribution in [2.75, 3.05) is 0 Å². The molecule has 1 aromatic carbocycles. The molecule has 0 N–H and O–H groups in total. The Bertz CT molecular complexity index is 492. The monoisotopic (exact) mass is 186 g/mol. The normalized spacial score (nSPS) is 16.4. The van der Waals surface area contributed by atoms with Crippen molar-refractivity contribution in [1.29, 1.82) is 0 Å². The molecule has 14 heavy (non-hydrogen) atoms. The van der Waals surface area contributed by atoms with Crippen molar-refractivity contribution in [3.63, 3.8) is 0 Å². The number of hydrogen-bond acceptors (Lipinski definition) is 1. The van der Waals surface area contributed by atoms with Gasteiger partial charge in [0.25, 0.3) is 0 Å². The number of aromatic nitrogens is 2. The number of aryl methyl sites for hydroxylation is 2. The lowest BCUT2D eigenvalue weighted by molar-refractivity contribution is 0.820. The molecule has 0 amide bonds. The molecule has 1 heterocycles. The molecule has 1 aliphatic carbocycles. The molecule has 2 heteroatoms. The number of imidazole rings is 1. The van der Waals surface area contributed by atoms with Gasteiger partial charge in [-0.1, -0.05) is 6.07 Å². The lowest BCUT2D eigenvalue weighted by Crippen LogP contribution is -1.94. The molecule has 1 saturated carbocycles. The van der Waals surface area contributed by atoms with Gasteiger partial charge in [0.2, 0.25) is 0 Å². The van der Waals surface area contributed by atoms with Gasteiger partial charge in [0.15, 0.2) is 0 Å². The van der Waals surface area contributed by atoms with Crippen LogP contribution in [0.3, 0.4) is 0 Å². The van der Waals surface area contributed by atoms with Crippen LogP contribution in [0.25, 0.3) is 11.0 Å². The highest BCUT2D eigenvalue weighted by atomic mass is 15.1. The van der Waals surface area contributed by atoms with E-state index in [0.717, 1.165) is 11.4 Å². The smallest absolute Gasteiger partial charge is 0.112 e. The Morgan fingerprint density at radius 2 is 2.14 bits per heavy atom. The largest absolute Gasteiger partial charge is 0.331 e. The number of rotatable bonds is 1. The number of nitrogens with zero attached hydrogens (tertiary/aromatic N) is 2. The molecule has 0 unspecified atom stereocenters. The van der Waals surface area contributed by atoms with Crippen LogP contribution in [0, 0.1) is 6.92 Å². The summed E-state index contributed by atoms with van der Waals surface area (Å²) in [5, 5.41) is 0. The van der Waals surface area contributed by atoms with Gasteiger partial charge in [0.1, 0.15) is 5.82 Å². The molecule has 1 aliphatic rings. The first kappa shape index (κ1) is 8.04. The summed E-state index contributed by atoms with van der Waals surface area (Å²) >= 11 is 0. The molecule has 0 spiro atoms. The van der Waals surface area contributed by atoms with E-state index in [0.29, 0.717) is 0 Å². The number of hydrogen-bond donors (Lipinski definition) is 0. The third-order valence-electron chi connectivity index (χ3n) is 3.01. The Morgan fingerprint density at radius 3 is 2.86 bits per heavy atom. The molecule has 0 aliphatic heterocycles. The third-order valence-corrected chi connectivity index (χ3v) is 3.01. The van der Waals surface area contributed by atoms with E-state index in [1.165, 1.54) is 29.7 Å². The van der Waals surface area contributed by atoms with E-state index in [1.807, 2.05) is 0 Å². The van der Waals surface area contributed by atoms with E-state index in [4.69, 9.17) is 4.98 Å². The van der Waals surface area contributed by atoms with E-state index in [1.54, 1.807) is 0 Å². The zero-order valence-corrected chi connectivity index (χ0v) is 8.62. The van der Waals surface area contributed by atoms with Gasteiger partial charge < -0.3 is 4.57 Å². The molecule has 0 atom stereocenters. The first-order chi connectivity index (χ1) is 6.75. The van der Waals surface area contributed by atoms with Gasteiger partial charge in [-0.2, -0.15) is 0 Å². The highest BCUT2D eigenvalue weighted by Crippen LogP contribution is 2.40. The second-order valence-electron chi connectivity index (χ2n) is 4.30. The molecule has 0 saturated heterocycles. The summed E-state index contributed by atoms with van der Waals surface area (Å²) < 4.78 is 2.24. The van der Waals surface area contributed by atoms with Gasteiger partial charge in [-0.05, 0) is 37.5 Å². The van der Waals surface area contributed by atoms with Crippen molar-refractivity contribution in [3.05, 3.63) is 29.6 Å². The van der Waals surface area contributed by atoms with Gasteiger partial charge in [-0.25, -0.2) is 4.98 Å². The molecule has 2 aromatic rings. The van der Waals surface area contributed by atoms with Crippen LogP contribution >= 0.6 is 0 Å². The van der Waals surface area contributed by atoms with Crippen LogP contribution in [0.1, 0.15) is 30.1 Å². The van der Waals surface area contributed by atoms with Gasteiger partial charge in [0.05, 0.1) is 11.0 Å².